The van der Waals surface area contributed by atoms with Crippen LogP contribution in [0, 0.1) is 5.92 Å². The first kappa shape index (κ1) is 11.1. The average Bonchev–Trinajstić information content (AvgIpc) is 2.87. The van der Waals surface area contributed by atoms with Gasteiger partial charge in [-0.1, -0.05) is 6.92 Å². The summed E-state index contributed by atoms with van der Waals surface area (Å²) >= 11 is 0. The van der Waals surface area contributed by atoms with Crippen LogP contribution in [0.25, 0.3) is 0 Å². The first-order valence-corrected chi connectivity index (χ1v) is 6.77. The monoisotopic (exact) mass is 234 g/mol. The molecule has 0 spiro atoms. The summed E-state index contributed by atoms with van der Waals surface area (Å²) in [6.45, 7) is 6.03. The van der Waals surface area contributed by atoms with Gasteiger partial charge in [0.05, 0.1) is 11.4 Å². The summed E-state index contributed by atoms with van der Waals surface area (Å²) in [6.07, 6.45) is 5.77. The van der Waals surface area contributed by atoms with E-state index in [1.807, 2.05) is 11.7 Å². The Morgan fingerprint density at radius 1 is 1.41 bits per heavy atom. The smallest absolute Gasteiger partial charge is 0.0853 e. The minimum absolute atomic E-state index is 0.656. The van der Waals surface area contributed by atoms with Crippen molar-refractivity contribution in [2.75, 3.05) is 25.0 Å². The van der Waals surface area contributed by atoms with Crippen LogP contribution in [0.5, 0.6) is 0 Å². The summed E-state index contributed by atoms with van der Waals surface area (Å²) in [7, 11) is 2.00. The second kappa shape index (κ2) is 4.33. The molecule has 0 amide bonds. The van der Waals surface area contributed by atoms with Crippen molar-refractivity contribution in [1.29, 1.82) is 0 Å². The van der Waals surface area contributed by atoms with E-state index in [1.54, 1.807) is 0 Å². The molecule has 94 valence electrons. The number of fused-ring (bicyclic) bond motifs is 2. The molecule has 3 heterocycles. The highest BCUT2D eigenvalue weighted by atomic mass is 15.3. The average molecular weight is 234 g/mol. The van der Waals surface area contributed by atoms with Crippen LogP contribution < -0.4 is 5.32 Å². The molecule has 3 unspecified atom stereocenters. The molecule has 17 heavy (non-hydrogen) atoms. The van der Waals surface area contributed by atoms with Gasteiger partial charge in [0.15, 0.2) is 0 Å². The second-order valence-corrected chi connectivity index (χ2v) is 5.41. The SMILES string of the molecule is CCc1nn(C)cc1NC1CCN2CCC1C2. The molecule has 0 radical (unpaired) electrons. The van der Waals surface area contributed by atoms with Gasteiger partial charge < -0.3 is 10.2 Å². The summed E-state index contributed by atoms with van der Waals surface area (Å²) < 4.78 is 1.92. The predicted molar refractivity (Wildman–Crippen MR) is 69.2 cm³/mol. The van der Waals surface area contributed by atoms with E-state index in [0.29, 0.717) is 6.04 Å². The summed E-state index contributed by atoms with van der Waals surface area (Å²) in [5.74, 6) is 0.841. The third kappa shape index (κ3) is 2.06. The predicted octanol–water partition coefficient (Wildman–Crippen LogP) is 1.49. The van der Waals surface area contributed by atoms with Crippen LogP contribution in [0.4, 0.5) is 5.69 Å². The van der Waals surface area contributed by atoms with Gasteiger partial charge in [0.25, 0.3) is 0 Å². The van der Waals surface area contributed by atoms with Crippen molar-refractivity contribution in [2.24, 2.45) is 13.0 Å². The maximum Gasteiger partial charge on any atom is 0.0853 e. The van der Waals surface area contributed by atoms with Gasteiger partial charge in [-0.3, -0.25) is 4.68 Å². The minimum atomic E-state index is 0.656. The van der Waals surface area contributed by atoms with Gasteiger partial charge in [0.2, 0.25) is 0 Å². The lowest BCUT2D eigenvalue weighted by molar-refractivity contribution is 0.255. The summed E-state index contributed by atoms with van der Waals surface area (Å²) in [5, 5.41) is 8.24. The maximum absolute atomic E-state index is 4.50. The largest absolute Gasteiger partial charge is 0.379 e. The van der Waals surface area contributed by atoms with Crippen molar-refractivity contribution in [3.05, 3.63) is 11.9 Å². The molecule has 2 fully saturated rings. The maximum atomic E-state index is 4.50. The molecule has 1 aromatic heterocycles. The van der Waals surface area contributed by atoms with Crippen molar-refractivity contribution >= 4 is 5.69 Å². The molecular weight excluding hydrogens is 212 g/mol. The third-order valence-corrected chi connectivity index (χ3v) is 4.22. The normalized spacial score (nSPS) is 31.8. The first-order chi connectivity index (χ1) is 8.26. The van der Waals surface area contributed by atoms with Crippen molar-refractivity contribution in [1.82, 2.24) is 14.7 Å². The van der Waals surface area contributed by atoms with E-state index < -0.39 is 0 Å². The first-order valence-electron chi connectivity index (χ1n) is 6.77. The molecule has 3 rings (SSSR count). The van der Waals surface area contributed by atoms with Crippen molar-refractivity contribution in [3.8, 4) is 0 Å². The van der Waals surface area contributed by atoms with E-state index in [4.69, 9.17) is 0 Å². The standard InChI is InChI=1S/C13H22N4/c1-3-11-13(9-16(2)15-11)14-12-5-7-17-6-4-10(12)8-17/h9-10,12,14H,3-8H2,1-2H3. The fourth-order valence-electron chi connectivity index (χ4n) is 3.26. The van der Waals surface area contributed by atoms with E-state index in [0.717, 1.165) is 12.3 Å². The lowest BCUT2D eigenvalue weighted by Crippen LogP contribution is -2.39. The molecule has 3 atom stereocenters. The van der Waals surface area contributed by atoms with Crippen LogP contribution in [0.15, 0.2) is 6.20 Å². The topological polar surface area (TPSA) is 33.1 Å². The van der Waals surface area contributed by atoms with Gasteiger partial charge in [-0.2, -0.15) is 5.10 Å². The van der Waals surface area contributed by atoms with E-state index in [-0.39, 0.29) is 0 Å². The number of nitrogens with zero attached hydrogens (tertiary/aromatic N) is 3. The summed E-state index contributed by atoms with van der Waals surface area (Å²) in [4.78, 5) is 2.59. The van der Waals surface area contributed by atoms with E-state index in [9.17, 15) is 0 Å². The zero-order valence-corrected chi connectivity index (χ0v) is 10.8. The molecule has 4 nitrogen and oxygen atoms in total. The molecule has 4 heteroatoms. The van der Waals surface area contributed by atoms with Crippen molar-refractivity contribution < 1.29 is 0 Å². The Balaban J connectivity index is 1.73. The van der Waals surface area contributed by atoms with Crippen LogP contribution in [-0.2, 0) is 13.5 Å². The highest BCUT2D eigenvalue weighted by Gasteiger charge is 2.34. The zero-order valence-electron chi connectivity index (χ0n) is 10.8. The quantitative estimate of drug-likeness (QED) is 0.860. The molecule has 1 N–H and O–H groups in total. The Morgan fingerprint density at radius 3 is 3.06 bits per heavy atom. The number of nitrogens with one attached hydrogen (secondary N) is 1. The van der Waals surface area contributed by atoms with Crippen LogP contribution >= 0.6 is 0 Å². The fourth-order valence-corrected chi connectivity index (χ4v) is 3.26. The van der Waals surface area contributed by atoms with Crippen molar-refractivity contribution in [3.63, 3.8) is 0 Å². The molecule has 0 aromatic carbocycles. The molecule has 0 saturated carbocycles. The molecule has 2 aliphatic heterocycles. The molecule has 2 bridgehead atoms. The highest BCUT2D eigenvalue weighted by Crippen LogP contribution is 2.30. The molecule has 2 aliphatic rings. The molecule has 1 aromatic rings. The Hall–Kier alpha value is -1.03. The van der Waals surface area contributed by atoms with Crippen LogP contribution in [-0.4, -0.2) is 40.4 Å². The minimum Gasteiger partial charge on any atom is -0.379 e. The van der Waals surface area contributed by atoms with Crippen molar-refractivity contribution in [2.45, 2.75) is 32.2 Å². The van der Waals surface area contributed by atoms with Crippen LogP contribution in [0.1, 0.15) is 25.5 Å². The Labute approximate surface area is 103 Å². The third-order valence-electron chi connectivity index (χ3n) is 4.22. The number of hydrogen-bond donors (Lipinski definition) is 1. The second-order valence-electron chi connectivity index (χ2n) is 5.41. The number of aryl methyl sites for hydroxylation is 2. The van der Waals surface area contributed by atoms with Gasteiger partial charge in [-0.25, -0.2) is 0 Å². The van der Waals surface area contributed by atoms with Gasteiger partial charge >= 0.3 is 0 Å². The van der Waals surface area contributed by atoms with E-state index in [1.165, 1.54) is 43.9 Å². The Bertz CT molecular complexity index is 398. The van der Waals surface area contributed by atoms with Crippen LogP contribution in [0.2, 0.25) is 0 Å². The lowest BCUT2D eigenvalue weighted by atomic mass is 9.94. The Morgan fingerprint density at radius 2 is 2.24 bits per heavy atom. The highest BCUT2D eigenvalue weighted by molar-refractivity contribution is 5.47. The molecule has 0 aliphatic carbocycles. The van der Waals surface area contributed by atoms with E-state index >= 15 is 0 Å². The number of piperidine rings is 1. The fraction of sp³-hybridized carbons (Fsp3) is 0.769. The summed E-state index contributed by atoms with van der Waals surface area (Å²) in [5.41, 5.74) is 2.45. The lowest BCUT2D eigenvalue weighted by Gasteiger charge is -2.31. The number of rotatable bonds is 3. The number of hydrogen-bond acceptors (Lipinski definition) is 3. The Kier molecular flexibility index (Phi) is 2.82. The zero-order chi connectivity index (χ0) is 11.8. The van der Waals surface area contributed by atoms with Gasteiger partial charge in [-0.05, 0) is 31.7 Å². The van der Waals surface area contributed by atoms with Gasteiger partial charge in [0.1, 0.15) is 0 Å². The molecular formula is C13H22N4. The van der Waals surface area contributed by atoms with E-state index in [2.05, 4.69) is 28.4 Å². The van der Waals surface area contributed by atoms with Crippen LogP contribution in [0.3, 0.4) is 0 Å². The molecule has 2 saturated heterocycles. The number of aromatic nitrogens is 2. The van der Waals surface area contributed by atoms with Gasteiger partial charge in [-0.15, -0.1) is 0 Å². The number of anilines is 1. The summed E-state index contributed by atoms with van der Waals surface area (Å²) in [6, 6.07) is 0.656. The van der Waals surface area contributed by atoms with Gasteiger partial charge in [0, 0.05) is 32.4 Å².